The average molecular weight is 340 g/mol. The molecule has 0 atom stereocenters. The van der Waals surface area contributed by atoms with E-state index in [1.54, 1.807) is 6.07 Å². The van der Waals surface area contributed by atoms with Gasteiger partial charge in [0.25, 0.3) is 0 Å². The minimum absolute atomic E-state index is 0.0572. The molecule has 7 nitrogen and oxygen atoms in total. The predicted octanol–water partition coefficient (Wildman–Crippen LogP) is 2.29. The van der Waals surface area contributed by atoms with Crippen molar-refractivity contribution in [3.05, 3.63) is 35.9 Å². The number of carbonyl (C=O) groups is 2. The van der Waals surface area contributed by atoms with Gasteiger partial charge < -0.3 is 5.11 Å². The molecule has 0 saturated heterocycles. The van der Waals surface area contributed by atoms with Gasteiger partial charge in [0.1, 0.15) is 18.2 Å². The summed E-state index contributed by atoms with van der Waals surface area (Å²) in [5, 5.41) is 17.9. The van der Waals surface area contributed by atoms with Crippen molar-refractivity contribution in [2.75, 3.05) is 11.4 Å². The number of hydrogen-bond donors (Lipinski definition) is 1. The Morgan fingerprint density at radius 1 is 1.12 bits per heavy atom. The van der Waals surface area contributed by atoms with Gasteiger partial charge in [-0.2, -0.15) is 0 Å². The Kier molecular flexibility index (Phi) is 3.99. The lowest BCUT2D eigenvalue weighted by atomic mass is 9.88. The number of carboxylic acids is 1. The van der Waals surface area contributed by atoms with Gasteiger partial charge in [-0.25, -0.2) is 0 Å². The number of fused-ring (bicyclic) bond motifs is 3. The topological polar surface area (TPSA) is 88.3 Å². The molecule has 1 amide bonds. The molecule has 25 heavy (non-hydrogen) atoms. The van der Waals surface area contributed by atoms with E-state index in [0.717, 1.165) is 24.4 Å². The first kappa shape index (κ1) is 15.8. The third-order valence-corrected chi connectivity index (χ3v) is 5.04. The highest BCUT2D eigenvalue weighted by atomic mass is 16.4. The van der Waals surface area contributed by atoms with E-state index in [-0.39, 0.29) is 18.9 Å². The van der Waals surface area contributed by atoms with Gasteiger partial charge in [-0.3, -0.25) is 19.1 Å². The van der Waals surface area contributed by atoms with Crippen LogP contribution in [0.5, 0.6) is 0 Å². The summed E-state index contributed by atoms with van der Waals surface area (Å²) in [5.41, 5.74) is 1.39. The van der Waals surface area contributed by atoms with Gasteiger partial charge in [0.2, 0.25) is 5.91 Å². The van der Waals surface area contributed by atoms with Gasteiger partial charge in [-0.15, -0.1) is 10.2 Å². The van der Waals surface area contributed by atoms with Crippen molar-refractivity contribution < 1.29 is 14.7 Å². The summed E-state index contributed by atoms with van der Waals surface area (Å²) < 4.78 is 1.98. The van der Waals surface area contributed by atoms with E-state index >= 15 is 0 Å². The maximum absolute atomic E-state index is 12.6. The molecule has 1 aliphatic carbocycles. The molecule has 4 rings (SSSR count). The first-order valence-electron chi connectivity index (χ1n) is 8.71. The molecule has 2 aromatic rings. The number of carboxylic acid groups (broad SMARTS) is 1. The molecule has 0 radical (unpaired) electrons. The van der Waals surface area contributed by atoms with Crippen molar-refractivity contribution in [2.45, 2.75) is 44.4 Å². The molecule has 0 spiro atoms. The third-order valence-electron chi connectivity index (χ3n) is 5.04. The predicted molar refractivity (Wildman–Crippen MR) is 90.9 cm³/mol. The highest BCUT2D eigenvalue weighted by Crippen LogP contribution is 2.36. The van der Waals surface area contributed by atoms with Crippen LogP contribution in [0, 0.1) is 0 Å². The number of benzene rings is 1. The number of aliphatic carboxylic acids is 1. The van der Waals surface area contributed by atoms with Gasteiger partial charge in [0.05, 0.1) is 17.8 Å². The second-order valence-electron chi connectivity index (χ2n) is 6.68. The summed E-state index contributed by atoms with van der Waals surface area (Å²) >= 11 is 0. The molecular formula is C18H20N4O3. The Morgan fingerprint density at radius 3 is 2.56 bits per heavy atom. The number of rotatable bonds is 3. The second kappa shape index (κ2) is 6.31. The highest BCUT2D eigenvalue weighted by molar-refractivity contribution is 6.00. The van der Waals surface area contributed by atoms with Crippen LogP contribution in [-0.4, -0.2) is 38.3 Å². The minimum atomic E-state index is -1.03. The molecule has 1 fully saturated rings. The van der Waals surface area contributed by atoms with E-state index in [0.29, 0.717) is 17.4 Å². The van der Waals surface area contributed by atoms with Gasteiger partial charge >= 0.3 is 5.97 Å². The van der Waals surface area contributed by atoms with Crippen LogP contribution in [0.1, 0.15) is 49.7 Å². The second-order valence-corrected chi connectivity index (χ2v) is 6.68. The third kappa shape index (κ3) is 2.79. The number of carbonyl (C=O) groups excluding carboxylic acids is 1. The van der Waals surface area contributed by atoms with Crippen LogP contribution in [0.2, 0.25) is 0 Å². The molecule has 2 aliphatic rings. The van der Waals surface area contributed by atoms with Crippen molar-refractivity contribution in [3.63, 3.8) is 0 Å². The normalized spacial score (nSPS) is 17.8. The maximum Gasteiger partial charge on any atom is 0.323 e. The van der Waals surface area contributed by atoms with Crippen LogP contribution in [0.4, 0.5) is 5.69 Å². The number of amides is 1. The fraction of sp³-hybridized carbons (Fsp3) is 0.444. The number of hydrogen-bond acceptors (Lipinski definition) is 4. The first-order valence-corrected chi connectivity index (χ1v) is 8.71. The lowest BCUT2D eigenvalue weighted by Crippen LogP contribution is -2.36. The van der Waals surface area contributed by atoms with Crippen molar-refractivity contribution in [1.29, 1.82) is 0 Å². The Morgan fingerprint density at radius 2 is 1.84 bits per heavy atom. The molecule has 7 heteroatoms. The molecule has 1 aliphatic heterocycles. The van der Waals surface area contributed by atoms with Gasteiger partial charge in [0, 0.05) is 5.92 Å². The fourth-order valence-corrected chi connectivity index (χ4v) is 3.89. The van der Waals surface area contributed by atoms with E-state index in [4.69, 9.17) is 0 Å². The number of anilines is 1. The zero-order valence-corrected chi connectivity index (χ0v) is 13.9. The smallest absolute Gasteiger partial charge is 0.323 e. The number of aromatic nitrogens is 3. The van der Waals surface area contributed by atoms with E-state index < -0.39 is 5.97 Å². The average Bonchev–Trinajstić information content (AvgIpc) is 2.99. The Hall–Kier alpha value is -2.70. The van der Waals surface area contributed by atoms with Crippen molar-refractivity contribution in [1.82, 2.24) is 14.8 Å². The van der Waals surface area contributed by atoms with Crippen LogP contribution in [-0.2, 0) is 16.0 Å². The fourth-order valence-electron chi connectivity index (χ4n) is 3.89. The maximum atomic E-state index is 12.6. The molecule has 1 aromatic heterocycles. The Bertz CT molecular complexity index is 823. The summed E-state index contributed by atoms with van der Waals surface area (Å²) in [4.78, 5) is 25.2. The summed E-state index contributed by atoms with van der Waals surface area (Å²) in [5.74, 6) is 0.520. The first-order chi connectivity index (χ1) is 12.1. The monoisotopic (exact) mass is 340 g/mol. The molecule has 0 bridgehead atoms. The van der Waals surface area contributed by atoms with Crippen molar-refractivity contribution in [2.24, 2.45) is 0 Å². The van der Waals surface area contributed by atoms with E-state index in [2.05, 4.69) is 10.2 Å². The van der Waals surface area contributed by atoms with Crippen molar-refractivity contribution in [3.8, 4) is 5.69 Å². The van der Waals surface area contributed by atoms with Crippen molar-refractivity contribution >= 4 is 17.6 Å². The molecule has 130 valence electrons. The molecular weight excluding hydrogens is 320 g/mol. The summed E-state index contributed by atoms with van der Waals surface area (Å²) in [6.07, 6.45) is 5.82. The minimum Gasteiger partial charge on any atom is -0.480 e. The van der Waals surface area contributed by atoms with Crippen LogP contribution in [0.25, 0.3) is 5.69 Å². The largest absolute Gasteiger partial charge is 0.480 e. The zero-order valence-electron chi connectivity index (χ0n) is 13.9. The molecule has 0 unspecified atom stereocenters. The van der Waals surface area contributed by atoms with Gasteiger partial charge in [-0.05, 0) is 25.0 Å². The lowest BCUT2D eigenvalue weighted by Gasteiger charge is -2.24. The van der Waals surface area contributed by atoms with Crippen LogP contribution in [0.3, 0.4) is 0 Å². The molecule has 1 saturated carbocycles. The van der Waals surface area contributed by atoms with Crippen LogP contribution in [0.15, 0.2) is 24.3 Å². The quantitative estimate of drug-likeness (QED) is 0.926. The zero-order chi connectivity index (χ0) is 17.4. The summed E-state index contributed by atoms with van der Waals surface area (Å²) in [7, 11) is 0. The Balaban J connectivity index is 1.85. The van der Waals surface area contributed by atoms with Gasteiger partial charge in [-0.1, -0.05) is 31.4 Å². The standard InChI is InChI=1S/C18H20N4O3/c23-16-10-15-19-20-18(12-6-2-1-3-7-12)22(15)14-9-5-4-8-13(14)21(16)11-17(24)25/h4-5,8-9,12H,1-3,6-7,10-11H2,(H,24,25). The highest BCUT2D eigenvalue weighted by Gasteiger charge is 2.32. The SMILES string of the molecule is O=C(O)CN1C(=O)Cc2nnc(C3CCCCC3)n2-c2ccccc21. The molecule has 2 heterocycles. The lowest BCUT2D eigenvalue weighted by molar-refractivity contribution is -0.136. The van der Waals surface area contributed by atoms with E-state index in [9.17, 15) is 14.7 Å². The molecule has 1 aromatic carbocycles. The van der Waals surface area contributed by atoms with E-state index in [1.807, 2.05) is 22.8 Å². The summed E-state index contributed by atoms with van der Waals surface area (Å²) in [6.45, 7) is -0.354. The molecule has 1 N–H and O–H groups in total. The van der Waals surface area contributed by atoms with Gasteiger partial charge in [0.15, 0.2) is 0 Å². The van der Waals surface area contributed by atoms with Crippen LogP contribution >= 0.6 is 0 Å². The van der Waals surface area contributed by atoms with E-state index in [1.165, 1.54) is 24.2 Å². The van der Waals surface area contributed by atoms with Crippen LogP contribution < -0.4 is 4.90 Å². The Labute approximate surface area is 145 Å². The number of para-hydroxylation sites is 2. The summed E-state index contributed by atoms with van der Waals surface area (Å²) in [6, 6.07) is 7.40. The number of nitrogens with zero attached hydrogens (tertiary/aromatic N) is 4.